The summed E-state index contributed by atoms with van der Waals surface area (Å²) in [6.45, 7) is 11.2. The van der Waals surface area contributed by atoms with E-state index in [1.807, 2.05) is 57.5 Å². The molecule has 3 rings (SSSR count). The minimum Gasteiger partial charge on any atom is -0.344 e. The van der Waals surface area contributed by atoms with Crippen LogP contribution in [0.2, 0.25) is 5.02 Å². The Hall–Kier alpha value is -2.67. The second-order valence-electron chi connectivity index (χ2n) is 7.48. The fourth-order valence-corrected chi connectivity index (χ4v) is 3.23. The molecule has 1 N–H and O–H groups in total. The molecule has 3 aromatic rings. The van der Waals surface area contributed by atoms with Gasteiger partial charge in [-0.25, -0.2) is 4.68 Å². The predicted molar refractivity (Wildman–Crippen MR) is 107 cm³/mol. The van der Waals surface area contributed by atoms with E-state index in [1.165, 1.54) is 0 Å². The third-order valence-electron chi connectivity index (χ3n) is 4.72. The third-order valence-corrected chi connectivity index (χ3v) is 5.12. The van der Waals surface area contributed by atoms with Gasteiger partial charge in [0.25, 0.3) is 0 Å². The Morgan fingerprint density at radius 1 is 1.25 bits per heavy atom. The molecular weight excluding hydrogens is 378 g/mol. The lowest BCUT2D eigenvalue weighted by Crippen LogP contribution is -2.42. The number of carbonyl (C=O) groups excluding carboxylic acids is 1. The van der Waals surface area contributed by atoms with Crippen molar-refractivity contribution in [2.75, 3.05) is 0 Å². The van der Waals surface area contributed by atoms with Gasteiger partial charge in [-0.15, -0.1) is 0 Å². The molecule has 0 saturated heterocycles. The standard InChI is InChI=1S/C20H24ClN5O2/c1-11-7-8-15(9-17(11)21)26-13(3)16(12(2)24-26)10-18(27)23-20(5,6)19-22-14(4)28-25-19/h7-9H,10H2,1-6H3,(H,23,27). The van der Waals surface area contributed by atoms with Gasteiger partial charge in [0.1, 0.15) is 0 Å². The first-order chi connectivity index (χ1) is 13.1. The quantitative estimate of drug-likeness (QED) is 0.703. The van der Waals surface area contributed by atoms with Crippen molar-refractivity contribution in [3.8, 4) is 5.69 Å². The lowest BCUT2D eigenvalue weighted by molar-refractivity contribution is -0.122. The Morgan fingerprint density at radius 3 is 2.57 bits per heavy atom. The van der Waals surface area contributed by atoms with Gasteiger partial charge in [-0.05, 0) is 52.3 Å². The Bertz CT molecular complexity index is 1040. The van der Waals surface area contributed by atoms with Crippen LogP contribution in [-0.2, 0) is 16.8 Å². The summed E-state index contributed by atoms with van der Waals surface area (Å²) in [5.74, 6) is 0.763. The molecule has 28 heavy (non-hydrogen) atoms. The van der Waals surface area contributed by atoms with Crippen LogP contribution >= 0.6 is 11.6 Å². The maximum absolute atomic E-state index is 12.7. The average Bonchev–Trinajstić information content (AvgIpc) is 3.16. The van der Waals surface area contributed by atoms with Gasteiger partial charge in [0.05, 0.1) is 23.3 Å². The number of benzene rings is 1. The molecule has 1 amide bonds. The highest BCUT2D eigenvalue weighted by atomic mass is 35.5. The fraction of sp³-hybridized carbons (Fsp3) is 0.400. The van der Waals surface area contributed by atoms with Crippen LogP contribution in [0.25, 0.3) is 5.69 Å². The summed E-state index contributed by atoms with van der Waals surface area (Å²) in [5, 5.41) is 12.2. The van der Waals surface area contributed by atoms with Crippen molar-refractivity contribution in [2.45, 2.75) is 53.5 Å². The van der Waals surface area contributed by atoms with E-state index < -0.39 is 5.54 Å². The number of carbonyl (C=O) groups is 1. The summed E-state index contributed by atoms with van der Waals surface area (Å²) in [7, 11) is 0. The number of rotatable bonds is 5. The number of nitrogens with one attached hydrogen (secondary N) is 1. The molecule has 1 aromatic carbocycles. The summed E-state index contributed by atoms with van der Waals surface area (Å²) in [4.78, 5) is 16.9. The molecule has 0 unspecified atom stereocenters. The molecule has 0 radical (unpaired) electrons. The second-order valence-corrected chi connectivity index (χ2v) is 7.89. The molecule has 0 aliphatic carbocycles. The molecular formula is C20H24ClN5O2. The topological polar surface area (TPSA) is 85.8 Å². The molecule has 0 fully saturated rings. The molecule has 0 bridgehead atoms. The Morgan fingerprint density at radius 2 is 1.96 bits per heavy atom. The van der Waals surface area contributed by atoms with E-state index in [4.69, 9.17) is 16.1 Å². The molecule has 0 aliphatic heterocycles. The van der Waals surface area contributed by atoms with Crippen molar-refractivity contribution in [1.82, 2.24) is 25.2 Å². The van der Waals surface area contributed by atoms with E-state index in [1.54, 1.807) is 6.92 Å². The number of nitrogens with zero attached hydrogens (tertiary/aromatic N) is 4. The first kappa shape index (κ1) is 20.1. The van der Waals surface area contributed by atoms with Crippen molar-refractivity contribution >= 4 is 17.5 Å². The number of hydrogen-bond acceptors (Lipinski definition) is 5. The van der Waals surface area contributed by atoms with Gasteiger partial charge in [0.15, 0.2) is 5.82 Å². The zero-order chi connectivity index (χ0) is 20.6. The molecule has 7 nitrogen and oxygen atoms in total. The number of halogens is 1. The predicted octanol–water partition coefficient (Wildman–Crippen LogP) is 3.74. The molecule has 0 spiro atoms. The molecule has 148 valence electrons. The first-order valence-corrected chi connectivity index (χ1v) is 9.39. The van der Waals surface area contributed by atoms with Crippen molar-refractivity contribution in [3.63, 3.8) is 0 Å². The van der Waals surface area contributed by atoms with Crippen LogP contribution in [0.5, 0.6) is 0 Å². The number of aryl methyl sites for hydroxylation is 3. The molecule has 2 heterocycles. The summed E-state index contributed by atoms with van der Waals surface area (Å²) in [6.07, 6.45) is 0.206. The smallest absolute Gasteiger partial charge is 0.225 e. The highest BCUT2D eigenvalue weighted by Gasteiger charge is 2.29. The van der Waals surface area contributed by atoms with Gasteiger partial charge in [0.2, 0.25) is 11.8 Å². The van der Waals surface area contributed by atoms with Gasteiger partial charge in [-0.1, -0.05) is 22.8 Å². The van der Waals surface area contributed by atoms with Crippen LogP contribution in [0.1, 0.15) is 48.1 Å². The molecule has 0 saturated carbocycles. The van der Waals surface area contributed by atoms with Crippen LogP contribution in [0, 0.1) is 27.7 Å². The van der Waals surface area contributed by atoms with E-state index in [9.17, 15) is 4.79 Å². The lowest BCUT2D eigenvalue weighted by atomic mass is 10.0. The van der Waals surface area contributed by atoms with Gasteiger partial charge < -0.3 is 9.84 Å². The van der Waals surface area contributed by atoms with Crippen molar-refractivity contribution < 1.29 is 9.32 Å². The van der Waals surface area contributed by atoms with Crippen molar-refractivity contribution in [2.24, 2.45) is 0 Å². The van der Waals surface area contributed by atoms with Crippen LogP contribution in [0.15, 0.2) is 22.7 Å². The SMILES string of the molecule is Cc1nc(C(C)(C)NC(=O)Cc2c(C)nn(-c3ccc(C)c(Cl)c3)c2C)no1. The first-order valence-electron chi connectivity index (χ1n) is 9.02. The fourth-order valence-electron chi connectivity index (χ4n) is 3.06. The minimum absolute atomic E-state index is 0.139. The zero-order valence-corrected chi connectivity index (χ0v) is 17.7. The summed E-state index contributed by atoms with van der Waals surface area (Å²) in [5.41, 5.74) is 3.72. The maximum atomic E-state index is 12.7. The second kappa shape index (κ2) is 7.39. The summed E-state index contributed by atoms with van der Waals surface area (Å²) < 4.78 is 6.84. The number of aromatic nitrogens is 4. The van der Waals surface area contributed by atoms with E-state index in [-0.39, 0.29) is 12.3 Å². The van der Waals surface area contributed by atoms with Gasteiger partial charge in [-0.3, -0.25) is 4.79 Å². The molecule has 0 aliphatic rings. The third kappa shape index (κ3) is 3.94. The van der Waals surface area contributed by atoms with Crippen molar-refractivity contribution in [1.29, 1.82) is 0 Å². The highest BCUT2D eigenvalue weighted by Crippen LogP contribution is 2.24. The van der Waals surface area contributed by atoms with E-state index in [2.05, 4.69) is 20.6 Å². The van der Waals surface area contributed by atoms with Gasteiger partial charge in [0, 0.05) is 23.2 Å². The normalized spacial score (nSPS) is 11.7. The van der Waals surface area contributed by atoms with Crippen LogP contribution in [0.3, 0.4) is 0 Å². The van der Waals surface area contributed by atoms with E-state index >= 15 is 0 Å². The summed E-state index contributed by atoms with van der Waals surface area (Å²) in [6, 6.07) is 5.80. The Labute approximate surface area is 169 Å². The highest BCUT2D eigenvalue weighted by molar-refractivity contribution is 6.31. The van der Waals surface area contributed by atoms with Crippen molar-refractivity contribution in [3.05, 3.63) is 57.5 Å². The van der Waals surface area contributed by atoms with Gasteiger partial charge >= 0.3 is 0 Å². The molecule has 0 atom stereocenters. The van der Waals surface area contributed by atoms with Crippen LogP contribution < -0.4 is 5.32 Å². The van der Waals surface area contributed by atoms with Crippen LogP contribution in [0.4, 0.5) is 0 Å². The maximum Gasteiger partial charge on any atom is 0.225 e. The average molecular weight is 402 g/mol. The largest absolute Gasteiger partial charge is 0.344 e. The van der Waals surface area contributed by atoms with E-state index in [0.717, 1.165) is 28.2 Å². The van der Waals surface area contributed by atoms with Crippen LogP contribution in [-0.4, -0.2) is 25.8 Å². The molecule has 8 heteroatoms. The summed E-state index contributed by atoms with van der Waals surface area (Å²) >= 11 is 6.25. The Balaban J connectivity index is 1.82. The minimum atomic E-state index is -0.739. The Kier molecular flexibility index (Phi) is 5.30. The zero-order valence-electron chi connectivity index (χ0n) is 16.9. The lowest BCUT2D eigenvalue weighted by Gasteiger charge is -2.22. The monoisotopic (exact) mass is 401 g/mol. The van der Waals surface area contributed by atoms with Gasteiger partial charge in [-0.2, -0.15) is 10.1 Å². The number of amides is 1. The number of hydrogen-bond donors (Lipinski definition) is 1. The molecule has 2 aromatic heterocycles. The van der Waals surface area contributed by atoms with E-state index in [0.29, 0.717) is 16.7 Å².